The summed E-state index contributed by atoms with van der Waals surface area (Å²) in [5.74, 6) is -8.76. The fraction of sp³-hybridized carbons (Fsp3) is 0.459. The van der Waals surface area contributed by atoms with Crippen LogP contribution in [0.2, 0.25) is 0 Å². The maximum atomic E-state index is 14.7. The van der Waals surface area contributed by atoms with Crippen LogP contribution < -0.4 is 91.6 Å². The van der Waals surface area contributed by atoms with E-state index in [1.165, 1.54) is 32.0 Å². The maximum absolute atomic E-state index is 14.7. The van der Waals surface area contributed by atoms with E-state index in [-0.39, 0.29) is 155 Å². The number of primary amides is 1. The van der Waals surface area contributed by atoms with Gasteiger partial charge in [-0.1, -0.05) is 109 Å². The Kier molecular flexibility index (Phi) is 50.0. The van der Waals surface area contributed by atoms with Crippen molar-refractivity contribution in [2.75, 3.05) is 145 Å². The molecule has 0 unspecified atom stereocenters. The number of fused-ring (bicyclic) bond motifs is 3. The van der Waals surface area contributed by atoms with Crippen molar-refractivity contribution >= 4 is 121 Å². The van der Waals surface area contributed by atoms with Crippen LogP contribution in [0.1, 0.15) is 91.9 Å². The molecule has 26 N–H and O–H groups in total. The molecule has 0 fully saturated rings. The second-order valence-electron chi connectivity index (χ2n) is 33.8. The Hall–Kier alpha value is -14.8. The molecule has 0 aliphatic carbocycles. The van der Waals surface area contributed by atoms with Crippen LogP contribution in [0.25, 0.3) is 32.6 Å². The minimum Gasteiger partial charge on any atom is -0.379 e. The van der Waals surface area contributed by atoms with E-state index in [1.54, 1.807) is 42.7 Å². The predicted octanol–water partition coefficient (Wildman–Crippen LogP) is -0.927. The number of guanidine groups is 2. The highest BCUT2D eigenvalue weighted by atomic mass is 16.6. The van der Waals surface area contributed by atoms with Crippen molar-refractivity contribution in [3.05, 3.63) is 192 Å². The molecule has 0 aliphatic rings. The van der Waals surface area contributed by atoms with Crippen molar-refractivity contribution in [2.24, 2.45) is 17.2 Å². The summed E-state index contributed by atoms with van der Waals surface area (Å²) >= 11 is 0. The molecular formula is C98H135N25O21. The molecule has 0 saturated heterocycles. The van der Waals surface area contributed by atoms with Crippen LogP contribution in [-0.2, 0) is 139 Å². The molecule has 9 aromatic rings. The van der Waals surface area contributed by atoms with E-state index in [4.69, 9.17) is 65.9 Å². The van der Waals surface area contributed by atoms with E-state index < -0.39 is 138 Å². The number of aromatic nitrogens is 6. The molecule has 4 heterocycles. The molecule has 9 rings (SSSR count). The molecule has 46 nitrogen and oxygen atoms in total. The fourth-order valence-electron chi connectivity index (χ4n) is 15.1. The first kappa shape index (κ1) is 113. The highest BCUT2D eigenvalue weighted by Crippen LogP contribution is 2.23. The van der Waals surface area contributed by atoms with Gasteiger partial charge >= 0.3 is 0 Å². The smallest absolute Gasteiger partial charge is 0.246 e. The Morgan fingerprint density at radius 2 is 0.674 bits per heavy atom. The SMILES string of the molecule is CC(=O)N[C@@H](Cc1cnc[nH]1)C(=O)N[C@H](Cc1ccc2ccccc2c1)C(=O)N[C@@H](CCCNC(=N)N)C(=O)N[C@@H](Cc1c[nH]c2ccccc12)C(=O)NCCCOCCOCCOCCCNC(=O)COCC(=O)NCCCOCCOCCOCCCNC(=O)COCC(=O)N[C@@H](Cc1cnc[nH]1)C(=O)N[C@H](Cc1ccccc1)C(=O)N[C@@H](CCCNC(=N)N)C(=O)N[C@@H](Cc1c[nH]c2ccccc12)C(N)=O. The van der Waals surface area contributed by atoms with Crippen molar-refractivity contribution < 1.29 is 100 Å². The zero-order chi connectivity index (χ0) is 103. The quantitative estimate of drug-likeness (QED) is 0.0124. The fourth-order valence-corrected chi connectivity index (χ4v) is 15.1. The number of benzene rings is 5. The molecular weight excluding hydrogens is 1860 g/mol. The minimum absolute atomic E-state index is 0.00620. The Bertz CT molecular complexity index is 5530. The number of nitrogens with one attached hydrogen (secondary N) is 20. The summed E-state index contributed by atoms with van der Waals surface area (Å²) in [4.78, 5) is 197. The van der Waals surface area contributed by atoms with Crippen molar-refractivity contribution in [1.29, 1.82) is 10.8 Å². The summed E-state index contributed by atoms with van der Waals surface area (Å²) in [6, 6.07) is 27.2. The Morgan fingerprint density at radius 3 is 1.10 bits per heavy atom. The highest BCUT2D eigenvalue weighted by Gasteiger charge is 2.36. The number of ether oxygens (including phenoxy) is 8. The van der Waals surface area contributed by atoms with Crippen molar-refractivity contribution in [1.82, 2.24) is 104 Å². The predicted molar refractivity (Wildman–Crippen MR) is 532 cm³/mol. The van der Waals surface area contributed by atoms with Gasteiger partial charge < -0.3 is 149 Å². The lowest BCUT2D eigenvalue weighted by Crippen LogP contribution is -2.59. The molecule has 13 amide bonds. The number of hydrogen-bond acceptors (Lipinski definition) is 25. The first-order chi connectivity index (χ1) is 69.8. The Labute approximate surface area is 832 Å². The van der Waals surface area contributed by atoms with Gasteiger partial charge in [0.15, 0.2) is 11.9 Å². The summed E-state index contributed by atoms with van der Waals surface area (Å²) in [7, 11) is 0. The summed E-state index contributed by atoms with van der Waals surface area (Å²) in [6.07, 6.45) is 11.7. The molecule has 5 aromatic carbocycles. The van der Waals surface area contributed by atoms with Gasteiger partial charge in [0.05, 0.1) is 65.5 Å². The zero-order valence-electron chi connectivity index (χ0n) is 80.8. The number of carbonyl (C=O) groups is 13. The van der Waals surface area contributed by atoms with Crippen LogP contribution in [0.3, 0.4) is 0 Å². The molecule has 0 spiro atoms. The highest BCUT2D eigenvalue weighted by molar-refractivity contribution is 5.99. The van der Waals surface area contributed by atoms with Gasteiger partial charge in [-0.15, -0.1) is 0 Å². The molecule has 0 bridgehead atoms. The number of para-hydroxylation sites is 2. The van der Waals surface area contributed by atoms with Crippen LogP contribution in [0, 0.1) is 10.8 Å². The van der Waals surface area contributed by atoms with Crippen molar-refractivity contribution in [3.63, 3.8) is 0 Å². The maximum Gasteiger partial charge on any atom is 0.246 e. The van der Waals surface area contributed by atoms with Gasteiger partial charge in [0.1, 0.15) is 74.8 Å². The Morgan fingerprint density at radius 1 is 0.319 bits per heavy atom. The number of imidazole rings is 2. The first-order valence-electron chi connectivity index (χ1n) is 47.9. The van der Waals surface area contributed by atoms with Gasteiger partial charge in [0, 0.05) is 169 Å². The lowest BCUT2D eigenvalue weighted by molar-refractivity contribution is -0.136. The zero-order valence-corrected chi connectivity index (χ0v) is 80.8. The van der Waals surface area contributed by atoms with E-state index >= 15 is 0 Å². The van der Waals surface area contributed by atoms with Crippen LogP contribution in [0.4, 0.5) is 0 Å². The number of H-pyrrole nitrogens is 4. The van der Waals surface area contributed by atoms with Gasteiger partial charge in [0.2, 0.25) is 76.8 Å². The van der Waals surface area contributed by atoms with Gasteiger partial charge in [-0.2, -0.15) is 0 Å². The van der Waals surface area contributed by atoms with Crippen LogP contribution in [-0.4, -0.2) is 312 Å². The lowest BCUT2D eigenvalue weighted by Gasteiger charge is -2.27. The van der Waals surface area contributed by atoms with Crippen LogP contribution >= 0.6 is 0 Å². The van der Waals surface area contributed by atoms with Gasteiger partial charge in [-0.3, -0.25) is 73.1 Å². The third-order valence-electron chi connectivity index (χ3n) is 22.4. The van der Waals surface area contributed by atoms with Crippen molar-refractivity contribution in [3.8, 4) is 0 Å². The van der Waals surface area contributed by atoms with E-state index in [1.807, 2.05) is 91.0 Å². The van der Waals surface area contributed by atoms with Gasteiger partial charge in [0.25, 0.3) is 0 Å². The summed E-state index contributed by atoms with van der Waals surface area (Å²) in [5.41, 5.74) is 22.4. The number of aromatic amines is 4. The number of rotatable bonds is 72. The minimum atomic E-state index is -1.32. The number of nitrogens with zero attached hydrogens (tertiary/aromatic N) is 2. The average molecular weight is 2000 g/mol. The van der Waals surface area contributed by atoms with Gasteiger partial charge in [-0.05, 0) is 96.5 Å². The number of amides is 13. The second-order valence-corrected chi connectivity index (χ2v) is 33.8. The molecule has 4 aromatic heterocycles. The number of hydrogen-bond donors (Lipinski definition) is 23. The van der Waals surface area contributed by atoms with Crippen LogP contribution in [0.15, 0.2) is 159 Å². The largest absolute Gasteiger partial charge is 0.379 e. The van der Waals surface area contributed by atoms with E-state index in [2.05, 4.69) is 104 Å². The van der Waals surface area contributed by atoms with Crippen molar-refractivity contribution in [2.45, 2.75) is 145 Å². The lowest BCUT2D eigenvalue weighted by atomic mass is 9.99. The normalized spacial score (nSPS) is 12.9. The van der Waals surface area contributed by atoms with E-state index in [9.17, 15) is 62.3 Å². The summed E-state index contributed by atoms with van der Waals surface area (Å²) in [6.45, 7) is 4.56. The topological polar surface area (TPSA) is 679 Å². The monoisotopic (exact) mass is 2000 g/mol. The molecule has 0 saturated carbocycles. The first-order valence-corrected chi connectivity index (χ1v) is 47.9. The van der Waals surface area contributed by atoms with E-state index in [0.29, 0.717) is 101 Å². The van der Waals surface area contributed by atoms with Crippen LogP contribution in [0.5, 0.6) is 0 Å². The standard InChI is InChI=1S/C98H135N25O21/c1-64(124)116-83(52-71-56-104-62-114-71)95(135)122-81(49-66-27-28-67-19-5-6-20-68(67)47-66)94(134)119-78(26-12-30-111-98(102)103)92(132)123-82(51-70-55-113-76-24-10-8-22-74(70)76)90(130)109-34-16-38-140-42-46-142-45-41-138-36-14-32-107-86(126)59-143-58-85(125)106-31-13-35-137-39-43-141-44-40-139-37-15-33-108-87(127)60-144-61-88(128)117-84(53-72-57-105-63-115-72)96(136)121-80(48-65-17-3-2-4-18-65)93(133)118-77(25-11-29-110-97(100)101)91(131)120-79(89(99)129)50-69-54-112-75-23-9-7-21-73(69)75/h2-10,17-24,27-28,47,54-57,62-63,77-84,112-113H,11-16,25-26,29-46,48-53,58-61H2,1H3,(H2,99,129)(H,104,114)(H,105,115)(H,106,125)(H,107,126)(H,108,127)(H,109,130)(H,116,124)(H,117,128)(H,118,133)(H,119,134)(H,120,131)(H,121,136)(H,122,135)(H,123,132)(H4,100,101,110)(H4,102,103,111)/t77-,78-,79-,80+,81+,82-,83-,84-/m0/s1. The molecule has 778 valence electrons. The summed E-state index contributed by atoms with van der Waals surface area (Å²) < 4.78 is 44.5. The molecule has 8 atom stereocenters. The van der Waals surface area contributed by atoms with Gasteiger partial charge in [-0.25, -0.2) is 9.97 Å². The molecule has 0 radical (unpaired) electrons. The Balaban J connectivity index is 0.567. The third-order valence-corrected chi connectivity index (χ3v) is 22.4. The molecule has 0 aliphatic heterocycles. The second kappa shape index (κ2) is 63.9. The summed E-state index contributed by atoms with van der Waals surface area (Å²) in [5, 5.41) is 57.3. The number of nitrogens with two attached hydrogens (primary N) is 3. The average Bonchev–Trinajstić information content (AvgIpc) is 1.66. The number of carbonyl (C=O) groups excluding carboxylic acids is 13. The molecule has 144 heavy (non-hydrogen) atoms. The third kappa shape index (κ3) is 42.9. The molecule has 46 heteroatoms. The van der Waals surface area contributed by atoms with E-state index in [0.717, 1.165) is 43.7 Å².